The number of aryl methyl sites for hydroxylation is 1. The summed E-state index contributed by atoms with van der Waals surface area (Å²) in [5.41, 5.74) is 0.571. The van der Waals surface area contributed by atoms with Crippen molar-refractivity contribution in [2.75, 3.05) is 5.32 Å². The Morgan fingerprint density at radius 1 is 1.21 bits per heavy atom. The van der Waals surface area contributed by atoms with E-state index in [0.29, 0.717) is 28.4 Å². The highest BCUT2D eigenvalue weighted by molar-refractivity contribution is 7.10. The Hall–Kier alpha value is -1.89. The number of carbonyl (C=O) groups excluding carboxylic acids is 1. The van der Waals surface area contributed by atoms with E-state index in [0.717, 1.165) is 11.5 Å². The first-order chi connectivity index (χ1) is 8.90. The summed E-state index contributed by atoms with van der Waals surface area (Å²) in [5.74, 6) is -3.62. The Bertz CT molecular complexity index is 655. The molecule has 2 aromatic rings. The van der Waals surface area contributed by atoms with E-state index in [4.69, 9.17) is 0 Å². The molecule has 0 aliphatic heterocycles. The summed E-state index contributed by atoms with van der Waals surface area (Å²) in [6, 6.07) is 1.14. The van der Waals surface area contributed by atoms with Gasteiger partial charge in [0.15, 0.2) is 17.4 Å². The van der Waals surface area contributed by atoms with Gasteiger partial charge in [0.1, 0.15) is 10.8 Å². The van der Waals surface area contributed by atoms with Gasteiger partial charge in [-0.05, 0) is 25.4 Å². The van der Waals surface area contributed by atoms with Crippen molar-refractivity contribution in [3.8, 4) is 0 Å². The average Bonchev–Trinajstić information content (AvgIpc) is 2.67. The van der Waals surface area contributed by atoms with E-state index >= 15 is 0 Å². The number of carbonyl (C=O) groups is 1. The highest BCUT2D eigenvalue weighted by atomic mass is 32.1. The van der Waals surface area contributed by atoms with Gasteiger partial charge < -0.3 is 5.32 Å². The van der Waals surface area contributed by atoms with Gasteiger partial charge in [0, 0.05) is 12.1 Å². The summed E-state index contributed by atoms with van der Waals surface area (Å²) < 4.78 is 43.3. The Labute approximate surface area is 111 Å². The molecule has 3 nitrogen and oxygen atoms in total. The van der Waals surface area contributed by atoms with Crippen LogP contribution in [-0.4, -0.2) is 10.2 Å². The summed E-state index contributed by atoms with van der Waals surface area (Å²) in [6.07, 6.45) is 0. The monoisotopic (exact) mass is 286 g/mol. The average molecular weight is 286 g/mol. The van der Waals surface area contributed by atoms with Crippen molar-refractivity contribution in [1.29, 1.82) is 0 Å². The number of rotatable bonds is 3. The molecule has 0 aliphatic rings. The van der Waals surface area contributed by atoms with Crippen LogP contribution in [0.4, 0.5) is 23.9 Å². The molecule has 1 N–H and O–H groups in total. The van der Waals surface area contributed by atoms with E-state index in [1.165, 1.54) is 6.92 Å². The molecule has 0 aliphatic carbocycles. The van der Waals surface area contributed by atoms with E-state index in [-0.39, 0.29) is 11.5 Å². The molecule has 0 radical (unpaired) electrons. The second kappa shape index (κ2) is 5.00. The molecule has 1 aromatic heterocycles. The second-order valence-corrected chi connectivity index (χ2v) is 4.67. The molecule has 0 fully saturated rings. The zero-order valence-electron chi connectivity index (χ0n) is 10.1. The molecule has 100 valence electrons. The molecule has 1 aromatic carbocycles. The van der Waals surface area contributed by atoms with Crippen LogP contribution in [-0.2, 0) is 0 Å². The predicted octanol–water partition coefficient (Wildman–Crippen LogP) is 3.82. The fraction of sp³-hybridized carbons (Fsp3) is 0.167. The highest BCUT2D eigenvalue weighted by Gasteiger charge is 2.17. The lowest BCUT2D eigenvalue weighted by atomic mass is 10.2. The van der Waals surface area contributed by atoms with Crippen molar-refractivity contribution in [2.24, 2.45) is 0 Å². The van der Waals surface area contributed by atoms with Crippen molar-refractivity contribution in [3.63, 3.8) is 0 Å². The van der Waals surface area contributed by atoms with Crippen LogP contribution in [0.25, 0.3) is 0 Å². The molecular formula is C12H9F3N2OS. The van der Waals surface area contributed by atoms with E-state index in [1.54, 1.807) is 6.92 Å². The van der Waals surface area contributed by atoms with Gasteiger partial charge >= 0.3 is 0 Å². The van der Waals surface area contributed by atoms with Crippen LogP contribution in [0.3, 0.4) is 0 Å². The fourth-order valence-electron chi connectivity index (χ4n) is 1.61. The maximum atomic E-state index is 13.5. The van der Waals surface area contributed by atoms with Gasteiger partial charge in [-0.2, -0.15) is 4.37 Å². The quantitative estimate of drug-likeness (QED) is 0.689. The Kier molecular flexibility index (Phi) is 3.57. The summed E-state index contributed by atoms with van der Waals surface area (Å²) >= 11 is 0.953. The predicted molar refractivity (Wildman–Crippen MR) is 66.5 cm³/mol. The molecule has 0 saturated heterocycles. The third-order valence-corrected chi connectivity index (χ3v) is 3.33. The van der Waals surface area contributed by atoms with Gasteiger partial charge in [-0.1, -0.05) is 0 Å². The topological polar surface area (TPSA) is 42.0 Å². The van der Waals surface area contributed by atoms with E-state index in [9.17, 15) is 18.0 Å². The van der Waals surface area contributed by atoms with Crippen molar-refractivity contribution in [2.45, 2.75) is 13.8 Å². The smallest absolute Gasteiger partial charge is 0.164 e. The second-order valence-electron chi connectivity index (χ2n) is 3.90. The number of nitrogens with one attached hydrogen (secondary N) is 1. The number of hydrogen-bond acceptors (Lipinski definition) is 4. The van der Waals surface area contributed by atoms with E-state index in [2.05, 4.69) is 9.69 Å². The summed E-state index contributed by atoms with van der Waals surface area (Å²) in [4.78, 5) is 11.4. The van der Waals surface area contributed by atoms with Gasteiger partial charge in [0.05, 0.1) is 16.9 Å². The minimum atomic E-state index is -1.27. The molecular weight excluding hydrogens is 277 g/mol. The first-order valence-corrected chi connectivity index (χ1v) is 6.06. The SMILES string of the molecule is CC(=O)c1c(C)nsc1Nc1cc(F)c(F)cc1F. The van der Waals surface area contributed by atoms with Crippen LogP contribution in [0.15, 0.2) is 12.1 Å². The summed E-state index contributed by atoms with van der Waals surface area (Å²) in [6.45, 7) is 2.99. The standard InChI is InChI=1S/C12H9F3N2OS/c1-5-11(6(2)18)12(19-17-5)16-10-4-8(14)7(13)3-9(10)15/h3-4,16H,1-2H3. The number of Topliss-reactive ketones (excluding diaryl/α,β-unsaturated/α-hetero) is 1. The van der Waals surface area contributed by atoms with Gasteiger partial charge in [0.25, 0.3) is 0 Å². The zero-order chi connectivity index (χ0) is 14.2. The minimum Gasteiger partial charge on any atom is -0.343 e. The number of halogens is 3. The molecule has 2 rings (SSSR count). The van der Waals surface area contributed by atoms with Crippen LogP contribution in [0.1, 0.15) is 23.0 Å². The lowest BCUT2D eigenvalue weighted by molar-refractivity contribution is 0.101. The molecule has 0 saturated carbocycles. The largest absolute Gasteiger partial charge is 0.343 e. The van der Waals surface area contributed by atoms with Crippen LogP contribution in [0.5, 0.6) is 0 Å². The first kappa shape index (κ1) is 13.5. The minimum absolute atomic E-state index is 0.239. The van der Waals surface area contributed by atoms with Crippen LogP contribution in [0, 0.1) is 24.4 Å². The maximum absolute atomic E-state index is 13.5. The number of ketones is 1. The third kappa shape index (κ3) is 2.60. The molecule has 0 unspecified atom stereocenters. The van der Waals surface area contributed by atoms with Gasteiger partial charge in [-0.3, -0.25) is 4.79 Å². The van der Waals surface area contributed by atoms with Crippen LogP contribution >= 0.6 is 11.5 Å². The van der Waals surface area contributed by atoms with Crippen molar-refractivity contribution in [3.05, 3.63) is 40.8 Å². The number of aromatic nitrogens is 1. The Morgan fingerprint density at radius 2 is 1.84 bits per heavy atom. The Morgan fingerprint density at radius 3 is 2.47 bits per heavy atom. The third-order valence-electron chi connectivity index (χ3n) is 2.47. The van der Waals surface area contributed by atoms with Crippen LogP contribution in [0.2, 0.25) is 0 Å². The molecule has 7 heteroatoms. The molecule has 0 amide bonds. The van der Waals surface area contributed by atoms with Crippen LogP contribution < -0.4 is 5.32 Å². The van der Waals surface area contributed by atoms with E-state index < -0.39 is 17.5 Å². The van der Waals surface area contributed by atoms with Gasteiger partial charge in [-0.15, -0.1) is 0 Å². The first-order valence-electron chi connectivity index (χ1n) is 5.29. The number of nitrogens with zero attached hydrogens (tertiary/aromatic N) is 1. The number of anilines is 2. The van der Waals surface area contributed by atoms with Gasteiger partial charge in [0.2, 0.25) is 0 Å². The number of benzene rings is 1. The van der Waals surface area contributed by atoms with Gasteiger partial charge in [-0.25, -0.2) is 13.2 Å². The summed E-state index contributed by atoms with van der Waals surface area (Å²) in [5, 5.41) is 2.87. The lowest BCUT2D eigenvalue weighted by Gasteiger charge is -2.07. The lowest BCUT2D eigenvalue weighted by Crippen LogP contribution is -2.01. The summed E-state index contributed by atoms with van der Waals surface area (Å²) in [7, 11) is 0. The Balaban J connectivity index is 2.42. The maximum Gasteiger partial charge on any atom is 0.164 e. The zero-order valence-corrected chi connectivity index (χ0v) is 10.9. The number of hydrogen-bond donors (Lipinski definition) is 1. The van der Waals surface area contributed by atoms with Crippen molar-refractivity contribution < 1.29 is 18.0 Å². The van der Waals surface area contributed by atoms with E-state index in [1.807, 2.05) is 0 Å². The normalized spacial score (nSPS) is 10.6. The molecule has 0 bridgehead atoms. The molecule has 19 heavy (non-hydrogen) atoms. The molecule has 0 spiro atoms. The fourth-order valence-corrected chi connectivity index (χ4v) is 2.47. The van der Waals surface area contributed by atoms with Crippen molar-refractivity contribution in [1.82, 2.24) is 4.37 Å². The molecule has 1 heterocycles. The highest BCUT2D eigenvalue weighted by Crippen LogP contribution is 2.30. The molecule has 0 atom stereocenters. The van der Waals surface area contributed by atoms with Crippen molar-refractivity contribution >= 4 is 28.0 Å².